The molecule has 0 amide bonds. The van der Waals surface area contributed by atoms with E-state index in [4.69, 9.17) is 0 Å². The van der Waals surface area contributed by atoms with Crippen LogP contribution in [0.15, 0.2) is 291 Å². The first-order valence-corrected chi connectivity index (χ1v) is 25.0. The summed E-state index contributed by atoms with van der Waals surface area (Å²) in [7, 11) is 0. The molecule has 0 atom stereocenters. The molecule has 2 heteroatoms. The summed E-state index contributed by atoms with van der Waals surface area (Å²) in [4.78, 5) is 4.79. The number of nitrogens with zero attached hydrogens (tertiary/aromatic N) is 2. The van der Waals surface area contributed by atoms with Gasteiger partial charge in [0.2, 0.25) is 0 Å². The average molecular weight is 921 g/mol. The Morgan fingerprint density at radius 1 is 0.264 bits per heavy atom. The number of hydrogen-bond acceptors (Lipinski definition) is 2. The molecule has 72 heavy (non-hydrogen) atoms. The normalized spacial score (nSPS) is 12.1. The Labute approximate surface area is 423 Å². The third kappa shape index (κ3) is 9.18. The first-order valence-electron chi connectivity index (χ1n) is 25.0. The van der Waals surface area contributed by atoms with E-state index in [1.54, 1.807) is 0 Å². The Morgan fingerprint density at radius 2 is 0.653 bits per heavy atom. The van der Waals surface area contributed by atoms with Gasteiger partial charge < -0.3 is 9.80 Å². The van der Waals surface area contributed by atoms with Crippen LogP contribution >= 0.6 is 0 Å². The molecule has 1 aliphatic carbocycles. The van der Waals surface area contributed by atoms with Crippen molar-refractivity contribution in [3.63, 3.8) is 0 Å². The van der Waals surface area contributed by atoms with Crippen molar-refractivity contribution in [3.05, 3.63) is 297 Å². The standard InChI is InChI=1S/C70H52N2/c1-5-17-51(18-6-1)55-31-39-64(40-32-55)71(66-43-37-58(38-44-66)61-28-15-27-60(47-61)52-19-7-2-8-20-52)65-41-33-56(34-42-65)57-35-45-67(46-36-57)72(70-30-16-26-59-25-13-14-29-69(59)70)68-49-62(53-21-9-3-10-22-53)48-63(50-68)54-23-11-4-12-24-54/h1-11,13-23,25-50H,12,24H2. The molecule has 0 heterocycles. The number of allylic oxidation sites excluding steroid dienone is 4. The van der Waals surface area contributed by atoms with Crippen LogP contribution in [-0.2, 0) is 0 Å². The second-order valence-corrected chi connectivity index (χ2v) is 18.5. The van der Waals surface area contributed by atoms with E-state index >= 15 is 0 Å². The Balaban J connectivity index is 0.899. The summed E-state index contributed by atoms with van der Waals surface area (Å²) in [6, 6.07) is 99.2. The summed E-state index contributed by atoms with van der Waals surface area (Å²) in [5, 5.41) is 2.42. The monoisotopic (exact) mass is 920 g/mol. The van der Waals surface area contributed by atoms with Crippen LogP contribution in [0.4, 0.5) is 34.1 Å². The molecule has 11 aromatic carbocycles. The van der Waals surface area contributed by atoms with Crippen molar-refractivity contribution in [2.45, 2.75) is 12.8 Å². The summed E-state index contributed by atoms with van der Waals surface area (Å²) in [5.74, 6) is 0. The van der Waals surface area contributed by atoms with Crippen LogP contribution in [0.2, 0.25) is 0 Å². The number of anilines is 6. The topological polar surface area (TPSA) is 6.48 Å². The van der Waals surface area contributed by atoms with Crippen LogP contribution in [-0.4, -0.2) is 0 Å². The predicted octanol–water partition coefficient (Wildman–Crippen LogP) is 19.8. The van der Waals surface area contributed by atoms with Gasteiger partial charge in [0.1, 0.15) is 0 Å². The smallest absolute Gasteiger partial charge is 0.0540 e. The van der Waals surface area contributed by atoms with Crippen molar-refractivity contribution in [2.75, 3.05) is 9.80 Å². The van der Waals surface area contributed by atoms with E-state index in [1.807, 2.05) is 0 Å². The molecular formula is C70H52N2. The average Bonchev–Trinajstić information content (AvgIpc) is 3.47. The molecule has 0 aromatic heterocycles. The van der Waals surface area contributed by atoms with Crippen LogP contribution < -0.4 is 9.80 Å². The molecule has 0 saturated carbocycles. The van der Waals surface area contributed by atoms with Crippen molar-refractivity contribution in [2.24, 2.45) is 0 Å². The second kappa shape index (κ2) is 20.0. The highest BCUT2D eigenvalue weighted by Gasteiger charge is 2.20. The number of rotatable bonds is 12. The summed E-state index contributed by atoms with van der Waals surface area (Å²) >= 11 is 0. The maximum absolute atomic E-state index is 2.44. The summed E-state index contributed by atoms with van der Waals surface area (Å²) in [5.41, 5.74) is 21.1. The lowest BCUT2D eigenvalue weighted by Crippen LogP contribution is -2.11. The third-order valence-corrected chi connectivity index (χ3v) is 13.9. The quantitative estimate of drug-likeness (QED) is 0.120. The summed E-state index contributed by atoms with van der Waals surface area (Å²) in [6.07, 6.45) is 8.81. The fourth-order valence-electron chi connectivity index (χ4n) is 10.2. The van der Waals surface area contributed by atoms with E-state index in [9.17, 15) is 0 Å². The molecule has 0 fully saturated rings. The lowest BCUT2D eigenvalue weighted by molar-refractivity contribution is 1.05. The zero-order valence-electron chi connectivity index (χ0n) is 40.0. The molecule has 0 radical (unpaired) electrons. The minimum absolute atomic E-state index is 1.02. The van der Waals surface area contributed by atoms with Crippen molar-refractivity contribution in [3.8, 4) is 55.6 Å². The van der Waals surface area contributed by atoms with Gasteiger partial charge in [-0.15, -0.1) is 0 Å². The lowest BCUT2D eigenvalue weighted by Gasteiger charge is -2.28. The van der Waals surface area contributed by atoms with Gasteiger partial charge in [0.05, 0.1) is 5.69 Å². The van der Waals surface area contributed by atoms with E-state index < -0.39 is 0 Å². The highest BCUT2D eigenvalue weighted by Crippen LogP contribution is 2.44. The molecule has 0 bridgehead atoms. The second-order valence-electron chi connectivity index (χ2n) is 18.5. The highest BCUT2D eigenvalue weighted by molar-refractivity contribution is 6.00. The highest BCUT2D eigenvalue weighted by atomic mass is 15.1. The molecule has 11 aromatic rings. The molecule has 12 rings (SSSR count). The SMILES string of the molecule is C1=CCCC(c2cc(-c3ccccc3)cc(N(c3ccc(-c4ccc(N(c5ccc(-c6ccccc6)cc5)c5ccc(-c6cccc(-c7ccccc7)c6)cc5)cc4)cc3)c3cccc4ccccc34)c2)=C1. The van der Waals surface area contributed by atoms with Gasteiger partial charge in [0, 0.05) is 33.8 Å². The zero-order valence-corrected chi connectivity index (χ0v) is 40.0. The van der Waals surface area contributed by atoms with Gasteiger partial charge in [-0.05, 0) is 164 Å². The maximum atomic E-state index is 2.44. The van der Waals surface area contributed by atoms with Crippen LogP contribution in [0.25, 0.3) is 72.0 Å². The van der Waals surface area contributed by atoms with Gasteiger partial charge in [-0.2, -0.15) is 0 Å². The van der Waals surface area contributed by atoms with Crippen molar-refractivity contribution in [1.82, 2.24) is 0 Å². The Kier molecular flexibility index (Phi) is 12.2. The molecule has 0 saturated heterocycles. The molecule has 0 unspecified atom stereocenters. The first kappa shape index (κ1) is 44.0. The molecule has 2 nitrogen and oxygen atoms in total. The van der Waals surface area contributed by atoms with Gasteiger partial charge in [-0.3, -0.25) is 0 Å². The molecular weight excluding hydrogens is 869 g/mol. The summed E-state index contributed by atoms with van der Waals surface area (Å²) in [6.45, 7) is 0. The predicted molar refractivity (Wildman–Crippen MR) is 307 cm³/mol. The maximum Gasteiger partial charge on any atom is 0.0540 e. The first-order chi connectivity index (χ1) is 35.7. The Hall–Kier alpha value is -9.24. The Morgan fingerprint density at radius 3 is 1.18 bits per heavy atom. The molecule has 0 spiro atoms. The van der Waals surface area contributed by atoms with Gasteiger partial charge in [-0.1, -0.05) is 212 Å². The fourth-order valence-corrected chi connectivity index (χ4v) is 10.2. The summed E-state index contributed by atoms with van der Waals surface area (Å²) < 4.78 is 0. The van der Waals surface area contributed by atoms with Crippen LogP contribution in [0.3, 0.4) is 0 Å². The van der Waals surface area contributed by atoms with Crippen LogP contribution in [0.5, 0.6) is 0 Å². The van der Waals surface area contributed by atoms with E-state index in [0.717, 1.165) is 58.1 Å². The van der Waals surface area contributed by atoms with Crippen molar-refractivity contribution >= 4 is 50.5 Å². The molecule has 0 aliphatic heterocycles. The number of hydrogen-bond donors (Lipinski definition) is 0. The van der Waals surface area contributed by atoms with Gasteiger partial charge in [0.15, 0.2) is 0 Å². The van der Waals surface area contributed by atoms with E-state index in [2.05, 4.69) is 301 Å². The number of benzene rings is 11. The van der Waals surface area contributed by atoms with Crippen LogP contribution in [0, 0.1) is 0 Å². The number of fused-ring (bicyclic) bond motifs is 1. The largest absolute Gasteiger partial charge is 0.311 e. The van der Waals surface area contributed by atoms with E-state index in [-0.39, 0.29) is 0 Å². The van der Waals surface area contributed by atoms with Crippen molar-refractivity contribution in [1.29, 1.82) is 0 Å². The third-order valence-electron chi connectivity index (χ3n) is 13.9. The molecule has 342 valence electrons. The van der Waals surface area contributed by atoms with Gasteiger partial charge >= 0.3 is 0 Å². The molecule has 1 aliphatic rings. The molecule has 0 N–H and O–H groups in total. The minimum atomic E-state index is 1.02. The van der Waals surface area contributed by atoms with E-state index in [1.165, 1.54) is 66.4 Å². The van der Waals surface area contributed by atoms with Crippen molar-refractivity contribution < 1.29 is 0 Å². The van der Waals surface area contributed by atoms with Gasteiger partial charge in [-0.25, -0.2) is 0 Å². The fraction of sp³-hybridized carbons (Fsp3) is 0.0286. The zero-order chi connectivity index (χ0) is 48.1. The van der Waals surface area contributed by atoms with Gasteiger partial charge in [0.25, 0.3) is 0 Å². The minimum Gasteiger partial charge on any atom is -0.311 e. The van der Waals surface area contributed by atoms with Crippen LogP contribution in [0.1, 0.15) is 18.4 Å². The lowest BCUT2D eigenvalue weighted by atomic mass is 9.93. The Bertz CT molecular complexity index is 3680. The van der Waals surface area contributed by atoms with E-state index in [0.29, 0.717) is 0 Å².